The fourth-order valence-corrected chi connectivity index (χ4v) is 1.85. The standard InChI is InChI=1S/C10H14ClN3/c11-8-9-4-5-12-10(13-9)14-6-2-1-3-7-14/h4-5H,1-3,6-8H2. The molecule has 1 aliphatic heterocycles. The zero-order chi connectivity index (χ0) is 9.80. The molecule has 0 radical (unpaired) electrons. The maximum atomic E-state index is 5.73. The van der Waals surface area contributed by atoms with Crippen molar-refractivity contribution in [3.8, 4) is 0 Å². The summed E-state index contributed by atoms with van der Waals surface area (Å²) in [5, 5.41) is 0. The van der Waals surface area contributed by atoms with Gasteiger partial charge >= 0.3 is 0 Å². The van der Waals surface area contributed by atoms with E-state index in [1.165, 1.54) is 19.3 Å². The average molecular weight is 212 g/mol. The molecule has 1 saturated heterocycles. The van der Waals surface area contributed by atoms with Gasteiger partial charge in [0.2, 0.25) is 5.95 Å². The van der Waals surface area contributed by atoms with Crippen LogP contribution in [0.1, 0.15) is 25.0 Å². The van der Waals surface area contributed by atoms with Crippen LogP contribution in [0.2, 0.25) is 0 Å². The van der Waals surface area contributed by atoms with E-state index in [0.29, 0.717) is 5.88 Å². The summed E-state index contributed by atoms with van der Waals surface area (Å²) in [5.41, 5.74) is 0.905. The quantitative estimate of drug-likeness (QED) is 0.703. The Hall–Kier alpha value is -0.830. The molecule has 3 nitrogen and oxygen atoms in total. The Morgan fingerprint density at radius 1 is 1.29 bits per heavy atom. The number of piperidine rings is 1. The molecule has 1 aromatic heterocycles. The van der Waals surface area contributed by atoms with Gasteiger partial charge in [-0.3, -0.25) is 0 Å². The molecular formula is C10H14ClN3. The molecule has 0 saturated carbocycles. The van der Waals surface area contributed by atoms with Crippen molar-refractivity contribution >= 4 is 17.5 Å². The summed E-state index contributed by atoms with van der Waals surface area (Å²) in [7, 11) is 0. The van der Waals surface area contributed by atoms with Gasteiger partial charge in [-0.2, -0.15) is 0 Å². The van der Waals surface area contributed by atoms with Gasteiger partial charge in [0.05, 0.1) is 11.6 Å². The van der Waals surface area contributed by atoms with Gasteiger partial charge in [-0.25, -0.2) is 9.97 Å². The highest BCUT2D eigenvalue weighted by atomic mass is 35.5. The summed E-state index contributed by atoms with van der Waals surface area (Å²) >= 11 is 5.73. The summed E-state index contributed by atoms with van der Waals surface area (Å²) in [6.45, 7) is 2.15. The lowest BCUT2D eigenvalue weighted by Crippen LogP contribution is -2.31. The van der Waals surface area contributed by atoms with Crippen LogP contribution in [-0.4, -0.2) is 23.1 Å². The molecule has 0 bridgehead atoms. The smallest absolute Gasteiger partial charge is 0.225 e. The third kappa shape index (κ3) is 2.15. The monoisotopic (exact) mass is 211 g/mol. The van der Waals surface area contributed by atoms with Crippen molar-refractivity contribution in [3.05, 3.63) is 18.0 Å². The number of nitrogens with zero attached hydrogens (tertiary/aromatic N) is 3. The molecule has 0 unspecified atom stereocenters. The Balaban J connectivity index is 2.13. The summed E-state index contributed by atoms with van der Waals surface area (Å²) in [6, 6.07) is 1.86. The third-order valence-corrected chi connectivity index (χ3v) is 2.75. The first kappa shape index (κ1) is 9.71. The van der Waals surface area contributed by atoms with Crippen LogP contribution in [0.5, 0.6) is 0 Å². The molecule has 2 heterocycles. The van der Waals surface area contributed by atoms with Crippen LogP contribution < -0.4 is 4.90 Å². The molecule has 0 aliphatic carbocycles. The third-order valence-electron chi connectivity index (χ3n) is 2.48. The van der Waals surface area contributed by atoms with E-state index in [0.717, 1.165) is 24.7 Å². The van der Waals surface area contributed by atoms with Crippen molar-refractivity contribution in [2.24, 2.45) is 0 Å². The Morgan fingerprint density at radius 3 is 2.79 bits per heavy atom. The highest BCUT2D eigenvalue weighted by molar-refractivity contribution is 6.16. The Morgan fingerprint density at radius 2 is 2.07 bits per heavy atom. The summed E-state index contributed by atoms with van der Waals surface area (Å²) in [5.74, 6) is 1.30. The Labute approximate surface area is 89.1 Å². The minimum Gasteiger partial charge on any atom is -0.341 e. The number of hydrogen-bond donors (Lipinski definition) is 0. The van der Waals surface area contributed by atoms with Crippen LogP contribution in [0.4, 0.5) is 5.95 Å². The van der Waals surface area contributed by atoms with Gasteiger partial charge in [0.1, 0.15) is 0 Å². The molecule has 14 heavy (non-hydrogen) atoms. The molecule has 4 heteroatoms. The molecule has 0 amide bonds. The van der Waals surface area contributed by atoms with E-state index in [9.17, 15) is 0 Å². The molecule has 76 valence electrons. The van der Waals surface area contributed by atoms with Crippen molar-refractivity contribution in [1.82, 2.24) is 9.97 Å². The van der Waals surface area contributed by atoms with Crippen LogP contribution in [-0.2, 0) is 5.88 Å². The molecule has 1 aliphatic rings. The van der Waals surface area contributed by atoms with Crippen molar-refractivity contribution in [2.45, 2.75) is 25.1 Å². The molecule has 2 rings (SSSR count). The number of alkyl halides is 1. The molecule has 0 aromatic carbocycles. The van der Waals surface area contributed by atoms with Gasteiger partial charge in [0.25, 0.3) is 0 Å². The lowest BCUT2D eigenvalue weighted by Gasteiger charge is -2.26. The van der Waals surface area contributed by atoms with Gasteiger partial charge in [-0.1, -0.05) is 0 Å². The SMILES string of the molecule is ClCc1ccnc(N2CCCCC2)n1. The summed E-state index contributed by atoms with van der Waals surface area (Å²) in [6.07, 6.45) is 5.60. The number of halogens is 1. The topological polar surface area (TPSA) is 29.0 Å². The molecular weight excluding hydrogens is 198 g/mol. The first-order valence-electron chi connectivity index (χ1n) is 5.03. The van der Waals surface area contributed by atoms with Crippen molar-refractivity contribution < 1.29 is 0 Å². The van der Waals surface area contributed by atoms with Crippen LogP contribution in [0.15, 0.2) is 12.3 Å². The first-order valence-corrected chi connectivity index (χ1v) is 5.56. The van der Waals surface area contributed by atoms with Crippen LogP contribution in [0.3, 0.4) is 0 Å². The number of hydrogen-bond acceptors (Lipinski definition) is 3. The van der Waals surface area contributed by atoms with Crippen molar-refractivity contribution in [2.75, 3.05) is 18.0 Å². The molecule has 0 spiro atoms. The fourth-order valence-electron chi connectivity index (χ4n) is 1.71. The zero-order valence-electron chi connectivity index (χ0n) is 8.12. The highest BCUT2D eigenvalue weighted by Gasteiger charge is 2.13. The number of aromatic nitrogens is 2. The Bertz CT molecular complexity index is 297. The van der Waals surface area contributed by atoms with E-state index < -0.39 is 0 Å². The molecule has 1 aromatic rings. The molecule has 1 fully saturated rings. The zero-order valence-corrected chi connectivity index (χ0v) is 8.87. The van der Waals surface area contributed by atoms with Crippen molar-refractivity contribution in [1.29, 1.82) is 0 Å². The Kier molecular flexibility index (Phi) is 3.19. The predicted molar refractivity (Wildman–Crippen MR) is 57.7 cm³/mol. The molecule has 0 atom stereocenters. The lowest BCUT2D eigenvalue weighted by molar-refractivity contribution is 0.567. The van der Waals surface area contributed by atoms with E-state index in [-0.39, 0.29) is 0 Å². The second-order valence-electron chi connectivity index (χ2n) is 3.53. The first-order chi connectivity index (χ1) is 6.90. The maximum absolute atomic E-state index is 5.73. The van der Waals surface area contributed by atoms with Gasteiger partial charge in [0.15, 0.2) is 0 Å². The van der Waals surface area contributed by atoms with Crippen molar-refractivity contribution in [3.63, 3.8) is 0 Å². The van der Waals surface area contributed by atoms with E-state index >= 15 is 0 Å². The molecule has 0 N–H and O–H groups in total. The minimum absolute atomic E-state index is 0.462. The average Bonchev–Trinajstić information content (AvgIpc) is 2.30. The van der Waals surface area contributed by atoms with Gasteiger partial charge in [-0.15, -0.1) is 11.6 Å². The summed E-state index contributed by atoms with van der Waals surface area (Å²) in [4.78, 5) is 10.9. The predicted octanol–water partition coefficient (Wildman–Crippen LogP) is 2.21. The van der Waals surface area contributed by atoms with Gasteiger partial charge in [-0.05, 0) is 25.3 Å². The van der Waals surface area contributed by atoms with E-state index in [2.05, 4.69) is 14.9 Å². The second kappa shape index (κ2) is 4.60. The van der Waals surface area contributed by atoms with Crippen LogP contribution in [0, 0.1) is 0 Å². The largest absolute Gasteiger partial charge is 0.341 e. The fraction of sp³-hybridized carbons (Fsp3) is 0.600. The highest BCUT2D eigenvalue weighted by Crippen LogP contribution is 2.15. The van der Waals surface area contributed by atoms with E-state index in [1.54, 1.807) is 6.20 Å². The van der Waals surface area contributed by atoms with E-state index in [4.69, 9.17) is 11.6 Å². The van der Waals surface area contributed by atoms with E-state index in [1.807, 2.05) is 6.07 Å². The lowest BCUT2D eigenvalue weighted by atomic mass is 10.1. The van der Waals surface area contributed by atoms with Gasteiger partial charge in [0, 0.05) is 19.3 Å². The van der Waals surface area contributed by atoms with Gasteiger partial charge < -0.3 is 4.90 Å². The normalized spacial score (nSPS) is 17.1. The number of rotatable bonds is 2. The number of anilines is 1. The summed E-state index contributed by atoms with van der Waals surface area (Å²) < 4.78 is 0. The van der Waals surface area contributed by atoms with Crippen LogP contribution in [0.25, 0.3) is 0 Å². The second-order valence-corrected chi connectivity index (χ2v) is 3.80. The minimum atomic E-state index is 0.462. The maximum Gasteiger partial charge on any atom is 0.225 e. The van der Waals surface area contributed by atoms with Crippen LogP contribution >= 0.6 is 11.6 Å².